The largest absolute Gasteiger partial charge is 0.341 e. The number of amides is 1. The number of carbonyl (C=O) groups is 1. The summed E-state index contributed by atoms with van der Waals surface area (Å²) < 4.78 is 0. The summed E-state index contributed by atoms with van der Waals surface area (Å²) in [5, 5.41) is 0. The lowest BCUT2D eigenvalue weighted by Gasteiger charge is -2.21. The minimum absolute atomic E-state index is 0.136. The van der Waals surface area contributed by atoms with E-state index in [0.29, 0.717) is 19.0 Å². The van der Waals surface area contributed by atoms with Crippen LogP contribution in [0.3, 0.4) is 0 Å². The topological polar surface area (TPSA) is 75.4 Å². The maximum absolute atomic E-state index is 12.0. The number of likely N-dealkylation sites (N-methyl/N-ethyl adjacent to an activating group) is 1. The van der Waals surface area contributed by atoms with Crippen molar-refractivity contribution in [1.29, 1.82) is 0 Å². The molecule has 98 valence electrons. The van der Waals surface area contributed by atoms with Gasteiger partial charge >= 0.3 is 0 Å². The second-order valence-electron chi connectivity index (χ2n) is 4.50. The maximum Gasteiger partial charge on any atom is 0.242 e. The van der Waals surface area contributed by atoms with Gasteiger partial charge in [-0.1, -0.05) is 0 Å². The van der Waals surface area contributed by atoms with E-state index in [-0.39, 0.29) is 5.91 Å². The quantitative estimate of drug-likeness (QED) is 0.812. The lowest BCUT2D eigenvalue weighted by Crippen LogP contribution is -2.37. The fraction of sp³-hybridized carbons (Fsp3) is 0.583. The number of anilines is 1. The van der Waals surface area contributed by atoms with Crippen molar-refractivity contribution in [3.05, 3.63) is 18.0 Å². The van der Waals surface area contributed by atoms with Gasteiger partial charge in [0.25, 0.3) is 0 Å². The molecule has 0 saturated carbocycles. The number of rotatable bonds is 4. The summed E-state index contributed by atoms with van der Waals surface area (Å²) in [4.78, 5) is 24.1. The predicted octanol–water partition coefficient (Wildman–Crippen LogP) is -0.00610. The first kappa shape index (κ1) is 12.8. The summed E-state index contributed by atoms with van der Waals surface area (Å²) in [6.45, 7) is 2.43. The van der Waals surface area contributed by atoms with Gasteiger partial charge in [0.2, 0.25) is 11.9 Å². The average molecular weight is 249 g/mol. The highest BCUT2D eigenvalue weighted by molar-refractivity contribution is 5.81. The van der Waals surface area contributed by atoms with Crippen molar-refractivity contribution in [2.45, 2.75) is 19.4 Å². The summed E-state index contributed by atoms with van der Waals surface area (Å²) in [6.07, 6.45) is 3.88. The van der Waals surface area contributed by atoms with Gasteiger partial charge < -0.3 is 15.5 Å². The molecule has 1 aromatic heterocycles. The molecule has 0 spiro atoms. The van der Waals surface area contributed by atoms with Crippen molar-refractivity contribution in [2.24, 2.45) is 5.73 Å². The first-order valence-electron chi connectivity index (χ1n) is 6.21. The minimum Gasteiger partial charge on any atom is -0.341 e. The monoisotopic (exact) mass is 249 g/mol. The summed E-state index contributed by atoms with van der Waals surface area (Å²) >= 11 is 0. The summed E-state index contributed by atoms with van der Waals surface area (Å²) in [6, 6.07) is 1.78. The molecule has 1 saturated heterocycles. The van der Waals surface area contributed by atoms with E-state index in [1.807, 2.05) is 11.9 Å². The Morgan fingerprint density at radius 2 is 2.22 bits per heavy atom. The Kier molecular flexibility index (Phi) is 4.09. The standard InChI is InChI=1S/C12H19N5O/c1-16(9-11(18)17-6-2-3-7-17)12-14-5-4-10(8-13)15-12/h4-5H,2-3,6-9,13H2,1H3. The van der Waals surface area contributed by atoms with Crippen LogP contribution in [0.25, 0.3) is 0 Å². The molecule has 18 heavy (non-hydrogen) atoms. The van der Waals surface area contributed by atoms with Crippen molar-refractivity contribution in [1.82, 2.24) is 14.9 Å². The Labute approximate surface area is 107 Å². The van der Waals surface area contributed by atoms with Gasteiger partial charge in [0.05, 0.1) is 12.2 Å². The zero-order valence-electron chi connectivity index (χ0n) is 10.7. The molecule has 2 N–H and O–H groups in total. The Morgan fingerprint density at radius 1 is 1.50 bits per heavy atom. The molecule has 2 rings (SSSR count). The van der Waals surface area contributed by atoms with E-state index in [0.717, 1.165) is 31.6 Å². The molecule has 2 heterocycles. The molecular weight excluding hydrogens is 230 g/mol. The molecule has 1 aliphatic rings. The van der Waals surface area contributed by atoms with E-state index in [4.69, 9.17) is 5.73 Å². The van der Waals surface area contributed by atoms with Gasteiger partial charge in [0.15, 0.2) is 0 Å². The summed E-state index contributed by atoms with van der Waals surface area (Å²) in [7, 11) is 1.82. The number of carbonyl (C=O) groups excluding carboxylic acids is 1. The molecule has 0 radical (unpaired) electrons. The lowest BCUT2D eigenvalue weighted by molar-refractivity contribution is -0.128. The van der Waals surface area contributed by atoms with Gasteiger partial charge in [0, 0.05) is 32.9 Å². The molecular formula is C12H19N5O. The van der Waals surface area contributed by atoms with E-state index in [1.54, 1.807) is 17.2 Å². The Hall–Kier alpha value is -1.69. The molecule has 6 heteroatoms. The van der Waals surface area contributed by atoms with E-state index in [2.05, 4.69) is 9.97 Å². The molecule has 0 bridgehead atoms. The van der Waals surface area contributed by atoms with E-state index < -0.39 is 0 Å². The van der Waals surface area contributed by atoms with Crippen LogP contribution in [0, 0.1) is 0 Å². The third-order valence-electron chi connectivity index (χ3n) is 3.08. The first-order valence-corrected chi connectivity index (χ1v) is 6.21. The van der Waals surface area contributed by atoms with Crippen molar-refractivity contribution in [3.63, 3.8) is 0 Å². The molecule has 1 aliphatic heterocycles. The molecule has 1 fully saturated rings. The van der Waals surface area contributed by atoms with E-state index in [1.165, 1.54) is 0 Å². The van der Waals surface area contributed by atoms with Crippen LogP contribution in [0.4, 0.5) is 5.95 Å². The molecule has 0 aromatic carbocycles. The molecule has 0 atom stereocenters. The zero-order valence-corrected chi connectivity index (χ0v) is 10.7. The number of hydrogen-bond donors (Lipinski definition) is 1. The van der Waals surface area contributed by atoms with Crippen LogP contribution < -0.4 is 10.6 Å². The normalized spacial score (nSPS) is 14.9. The minimum atomic E-state index is 0.136. The van der Waals surface area contributed by atoms with Crippen molar-refractivity contribution < 1.29 is 4.79 Å². The van der Waals surface area contributed by atoms with Crippen molar-refractivity contribution in [2.75, 3.05) is 31.6 Å². The van der Waals surface area contributed by atoms with Crippen LogP contribution >= 0.6 is 0 Å². The van der Waals surface area contributed by atoms with Gasteiger partial charge in [-0.25, -0.2) is 9.97 Å². The van der Waals surface area contributed by atoms with Gasteiger partial charge in [-0.3, -0.25) is 4.79 Å². The second kappa shape index (κ2) is 5.77. The number of nitrogens with zero attached hydrogens (tertiary/aromatic N) is 4. The first-order chi connectivity index (χ1) is 8.70. The SMILES string of the molecule is CN(CC(=O)N1CCCC1)c1nccc(CN)n1. The van der Waals surface area contributed by atoms with Crippen LogP contribution in [-0.4, -0.2) is 47.5 Å². The van der Waals surface area contributed by atoms with Crippen molar-refractivity contribution in [3.8, 4) is 0 Å². The summed E-state index contributed by atoms with van der Waals surface area (Å²) in [5.41, 5.74) is 6.31. The molecule has 0 unspecified atom stereocenters. The van der Waals surface area contributed by atoms with Crippen LogP contribution in [0.15, 0.2) is 12.3 Å². The summed E-state index contributed by atoms with van der Waals surface area (Å²) in [5.74, 6) is 0.683. The smallest absolute Gasteiger partial charge is 0.242 e. The number of likely N-dealkylation sites (tertiary alicyclic amines) is 1. The maximum atomic E-state index is 12.0. The Balaban J connectivity index is 1.97. The fourth-order valence-electron chi connectivity index (χ4n) is 2.02. The van der Waals surface area contributed by atoms with Crippen LogP contribution in [-0.2, 0) is 11.3 Å². The molecule has 0 aliphatic carbocycles. The van der Waals surface area contributed by atoms with E-state index >= 15 is 0 Å². The van der Waals surface area contributed by atoms with Crippen LogP contribution in [0.2, 0.25) is 0 Å². The lowest BCUT2D eigenvalue weighted by atomic mass is 10.4. The van der Waals surface area contributed by atoms with Crippen molar-refractivity contribution >= 4 is 11.9 Å². The fourth-order valence-corrected chi connectivity index (χ4v) is 2.02. The molecule has 6 nitrogen and oxygen atoms in total. The molecule has 1 aromatic rings. The average Bonchev–Trinajstić information content (AvgIpc) is 2.92. The number of aromatic nitrogens is 2. The molecule has 1 amide bonds. The van der Waals surface area contributed by atoms with Gasteiger partial charge in [0.1, 0.15) is 0 Å². The van der Waals surface area contributed by atoms with E-state index in [9.17, 15) is 4.79 Å². The number of nitrogens with two attached hydrogens (primary N) is 1. The Morgan fingerprint density at radius 3 is 2.89 bits per heavy atom. The third-order valence-corrected chi connectivity index (χ3v) is 3.08. The zero-order chi connectivity index (χ0) is 13.0. The predicted molar refractivity (Wildman–Crippen MR) is 69.0 cm³/mol. The van der Waals surface area contributed by atoms with Crippen LogP contribution in [0.5, 0.6) is 0 Å². The highest BCUT2D eigenvalue weighted by Crippen LogP contribution is 2.10. The number of hydrogen-bond acceptors (Lipinski definition) is 5. The van der Waals surface area contributed by atoms with Gasteiger partial charge in [-0.2, -0.15) is 0 Å². The van der Waals surface area contributed by atoms with Crippen LogP contribution in [0.1, 0.15) is 18.5 Å². The highest BCUT2D eigenvalue weighted by atomic mass is 16.2. The second-order valence-corrected chi connectivity index (χ2v) is 4.50. The van der Waals surface area contributed by atoms with Gasteiger partial charge in [-0.05, 0) is 18.9 Å². The highest BCUT2D eigenvalue weighted by Gasteiger charge is 2.19. The third kappa shape index (κ3) is 2.95. The van der Waals surface area contributed by atoms with Gasteiger partial charge in [-0.15, -0.1) is 0 Å². The Bertz CT molecular complexity index is 417.